The van der Waals surface area contributed by atoms with E-state index in [2.05, 4.69) is 5.48 Å². The zero-order valence-electron chi connectivity index (χ0n) is 14.8. The molecule has 0 bridgehead atoms. The van der Waals surface area contributed by atoms with Crippen molar-refractivity contribution in [2.75, 3.05) is 13.7 Å². The van der Waals surface area contributed by atoms with Gasteiger partial charge in [0.25, 0.3) is 0 Å². The second-order valence-corrected chi connectivity index (χ2v) is 7.74. The summed E-state index contributed by atoms with van der Waals surface area (Å²) in [4.78, 5) is 31.5. The number of hydrogen-bond acceptors (Lipinski definition) is 5. The first-order valence-corrected chi connectivity index (χ1v) is 9.05. The molecule has 1 aromatic rings. The number of rotatable bonds is 3. The molecule has 6 nitrogen and oxygen atoms in total. The van der Waals surface area contributed by atoms with Crippen LogP contribution in [0.3, 0.4) is 0 Å². The first-order chi connectivity index (χ1) is 12.4. The highest BCUT2D eigenvalue weighted by molar-refractivity contribution is 6.30. The van der Waals surface area contributed by atoms with E-state index in [1.807, 2.05) is 30.3 Å². The summed E-state index contributed by atoms with van der Waals surface area (Å²) in [5, 5.41) is 0.708. The molecule has 0 aromatic heterocycles. The van der Waals surface area contributed by atoms with Crippen molar-refractivity contribution in [3.8, 4) is 0 Å². The number of benzene rings is 1. The number of nitrogens with zero attached hydrogens (tertiary/aromatic N) is 1. The van der Waals surface area contributed by atoms with Crippen LogP contribution in [0.2, 0.25) is 5.02 Å². The van der Waals surface area contributed by atoms with Crippen LogP contribution in [0.4, 0.5) is 0 Å². The molecule has 1 aromatic carbocycles. The first kappa shape index (κ1) is 17.4. The molecule has 3 aliphatic rings. The van der Waals surface area contributed by atoms with Crippen LogP contribution in [-0.2, 0) is 24.6 Å². The lowest BCUT2D eigenvalue weighted by Crippen LogP contribution is -2.40. The number of allylic oxidation sites excluding steroid dienone is 1. The summed E-state index contributed by atoms with van der Waals surface area (Å²) in [5.74, 6) is -0.581. The molecular formula is C19H21ClN2O4. The molecular weight excluding hydrogens is 356 g/mol. The van der Waals surface area contributed by atoms with E-state index in [-0.39, 0.29) is 11.3 Å². The van der Waals surface area contributed by atoms with Crippen LogP contribution in [0.15, 0.2) is 36.0 Å². The molecule has 26 heavy (non-hydrogen) atoms. The zero-order chi connectivity index (χ0) is 18.5. The third-order valence-corrected chi connectivity index (χ3v) is 5.92. The summed E-state index contributed by atoms with van der Waals surface area (Å²) in [7, 11) is 1.33. The van der Waals surface area contributed by atoms with Gasteiger partial charge < -0.3 is 9.64 Å². The number of ether oxygens (including phenoxy) is 1. The van der Waals surface area contributed by atoms with Gasteiger partial charge in [-0.15, -0.1) is 0 Å². The molecule has 1 N–H and O–H groups in total. The number of hydroxylamine groups is 1. The molecule has 1 unspecified atom stereocenters. The number of amides is 1. The van der Waals surface area contributed by atoms with E-state index >= 15 is 0 Å². The molecule has 1 saturated heterocycles. The Morgan fingerprint density at radius 1 is 1.31 bits per heavy atom. The Morgan fingerprint density at radius 3 is 2.58 bits per heavy atom. The Bertz CT molecular complexity index is 787. The van der Waals surface area contributed by atoms with E-state index in [1.54, 1.807) is 0 Å². The van der Waals surface area contributed by atoms with Gasteiger partial charge in [0.15, 0.2) is 0 Å². The average Bonchev–Trinajstić information content (AvgIpc) is 3.19. The highest BCUT2D eigenvalue weighted by atomic mass is 35.5. The quantitative estimate of drug-likeness (QED) is 0.820. The maximum absolute atomic E-state index is 12.1. The number of esters is 1. The SMILES string of the molecule is COC(=O)[C@@H]1CC2(C=C(C3(c4ccc(Cl)cc4)CC3)NO2)CN1C(C)=O. The molecule has 1 amide bonds. The van der Waals surface area contributed by atoms with Crippen LogP contribution in [0.1, 0.15) is 31.7 Å². The van der Waals surface area contributed by atoms with E-state index in [0.717, 1.165) is 18.5 Å². The summed E-state index contributed by atoms with van der Waals surface area (Å²) in [6.07, 6.45) is 4.47. The zero-order valence-corrected chi connectivity index (χ0v) is 15.5. The van der Waals surface area contributed by atoms with Gasteiger partial charge in [0.1, 0.15) is 11.6 Å². The monoisotopic (exact) mass is 376 g/mol. The van der Waals surface area contributed by atoms with Gasteiger partial charge >= 0.3 is 5.97 Å². The van der Waals surface area contributed by atoms with Crippen LogP contribution in [0, 0.1) is 0 Å². The minimum atomic E-state index is -0.706. The first-order valence-electron chi connectivity index (χ1n) is 8.68. The third kappa shape index (κ3) is 2.68. The van der Waals surface area contributed by atoms with Crippen molar-refractivity contribution < 1.29 is 19.2 Å². The fraction of sp³-hybridized carbons (Fsp3) is 0.474. The Morgan fingerprint density at radius 2 is 2.00 bits per heavy atom. The Balaban J connectivity index is 1.62. The summed E-state index contributed by atoms with van der Waals surface area (Å²) in [6, 6.07) is 7.24. The smallest absolute Gasteiger partial charge is 0.328 e. The number of hydrogen-bond donors (Lipinski definition) is 1. The van der Waals surface area contributed by atoms with Crippen LogP contribution in [0.25, 0.3) is 0 Å². The summed E-state index contributed by atoms with van der Waals surface area (Å²) >= 11 is 6.01. The number of halogens is 1. The predicted molar refractivity (Wildman–Crippen MR) is 95.2 cm³/mol. The fourth-order valence-electron chi connectivity index (χ4n) is 4.08. The number of carbonyl (C=O) groups is 2. The minimum Gasteiger partial charge on any atom is -0.467 e. The van der Waals surface area contributed by atoms with Crippen LogP contribution in [-0.4, -0.2) is 42.1 Å². The van der Waals surface area contributed by atoms with Crippen molar-refractivity contribution >= 4 is 23.5 Å². The summed E-state index contributed by atoms with van der Waals surface area (Å²) in [5.41, 5.74) is 4.46. The molecule has 2 heterocycles. The molecule has 4 rings (SSSR count). The highest BCUT2D eigenvalue weighted by Gasteiger charge is 2.56. The van der Waals surface area contributed by atoms with Gasteiger partial charge in [-0.2, -0.15) is 0 Å². The van der Waals surface area contributed by atoms with Gasteiger partial charge in [-0.25, -0.2) is 4.79 Å². The second kappa shape index (κ2) is 5.99. The molecule has 138 valence electrons. The van der Waals surface area contributed by atoms with Gasteiger partial charge in [0.05, 0.1) is 13.7 Å². The molecule has 2 fully saturated rings. The summed E-state index contributed by atoms with van der Waals surface area (Å²) in [6.45, 7) is 1.79. The van der Waals surface area contributed by atoms with E-state index in [0.29, 0.717) is 18.0 Å². The largest absolute Gasteiger partial charge is 0.467 e. The van der Waals surface area contributed by atoms with Gasteiger partial charge in [0.2, 0.25) is 5.91 Å². The number of nitrogens with one attached hydrogen (secondary N) is 1. The molecule has 0 radical (unpaired) electrons. The lowest BCUT2D eigenvalue weighted by molar-refractivity contribution is -0.150. The fourth-order valence-corrected chi connectivity index (χ4v) is 4.20. The summed E-state index contributed by atoms with van der Waals surface area (Å²) < 4.78 is 4.86. The van der Waals surface area contributed by atoms with Crippen LogP contribution >= 0.6 is 11.6 Å². The van der Waals surface area contributed by atoms with Crippen LogP contribution < -0.4 is 5.48 Å². The lowest BCUT2D eigenvalue weighted by atomic mass is 9.89. The van der Waals surface area contributed by atoms with Gasteiger partial charge in [-0.1, -0.05) is 23.7 Å². The van der Waals surface area contributed by atoms with Crippen molar-refractivity contribution in [2.45, 2.75) is 43.2 Å². The number of likely N-dealkylation sites (tertiary alicyclic amines) is 1. The maximum Gasteiger partial charge on any atom is 0.328 e. The molecule has 1 spiro atoms. The van der Waals surface area contributed by atoms with Crippen molar-refractivity contribution in [3.63, 3.8) is 0 Å². The van der Waals surface area contributed by atoms with E-state index in [1.165, 1.54) is 24.5 Å². The normalized spacial score (nSPS) is 28.7. The van der Waals surface area contributed by atoms with Crippen LogP contribution in [0.5, 0.6) is 0 Å². The van der Waals surface area contributed by atoms with Crippen molar-refractivity contribution in [1.82, 2.24) is 10.4 Å². The number of carbonyl (C=O) groups excluding carboxylic acids is 2. The second-order valence-electron chi connectivity index (χ2n) is 7.31. The predicted octanol–water partition coefficient (Wildman–Crippen LogP) is 2.32. The van der Waals surface area contributed by atoms with Crippen molar-refractivity contribution in [3.05, 3.63) is 46.6 Å². The van der Waals surface area contributed by atoms with E-state index < -0.39 is 17.6 Å². The highest BCUT2D eigenvalue weighted by Crippen LogP contribution is 2.55. The topological polar surface area (TPSA) is 67.9 Å². The van der Waals surface area contributed by atoms with E-state index in [9.17, 15) is 9.59 Å². The van der Waals surface area contributed by atoms with Gasteiger partial charge in [-0.05, 0) is 36.6 Å². The molecule has 1 saturated carbocycles. The van der Waals surface area contributed by atoms with Crippen molar-refractivity contribution in [1.29, 1.82) is 0 Å². The average molecular weight is 377 g/mol. The minimum absolute atomic E-state index is 0.0987. The Hall–Kier alpha value is -2.05. The standard InChI is InChI=1S/C19H21ClN2O4/c1-12(23)22-11-18(9-15(22)17(24)25-2)10-16(21-26-18)19(7-8-19)13-3-5-14(20)6-4-13/h3-6,10,15,21H,7-9,11H2,1-2H3/t15-,18?/m0/s1. The van der Waals surface area contributed by atoms with Gasteiger partial charge in [0, 0.05) is 29.5 Å². The third-order valence-electron chi connectivity index (χ3n) is 5.66. The molecule has 1 aliphatic carbocycles. The van der Waals surface area contributed by atoms with Crippen molar-refractivity contribution in [2.24, 2.45) is 0 Å². The van der Waals surface area contributed by atoms with E-state index in [4.69, 9.17) is 21.2 Å². The molecule has 2 aliphatic heterocycles. The molecule has 2 atom stereocenters. The van der Waals surface area contributed by atoms with Gasteiger partial charge in [-0.3, -0.25) is 15.1 Å². The lowest BCUT2D eigenvalue weighted by Gasteiger charge is -2.21. The maximum atomic E-state index is 12.1. The molecule has 7 heteroatoms. The number of methoxy groups -OCH3 is 1. The Kier molecular flexibility index (Phi) is 4.00. The Labute approximate surface area is 157 Å².